The smallest absolute Gasteiger partial charge is 0.244 e. The molecule has 0 bridgehead atoms. The summed E-state index contributed by atoms with van der Waals surface area (Å²) in [5.41, 5.74) is 2.62. The third-order valence-corrected chi connectivity index (χ3v) is 7.60. The molecule has 1 atom stereocenters. The van der Waals surface area contributed by atoms with Gasteiger partial charge >= 0.3 is 0 Å². The van der Waals surface area contributed by atoms with E-state index in [0.29, 0.717) is 0 Å². The Morgan fingerprint density at radius 3 is 2.23 bits per heavy atom. The van der Waals surface area contributed by atoms with Crippen molar-refractivity contribution in [1.29, 1.82) is 0 Å². The maximum Gasteiger partial charge on any atom is 0.244 e. The zero-order chi connectivity index (χ0) is 28.7. The molecule has 2 amide bonds. The molecule has 0 aliphatic carbocycles. The van der Waals surface area contributed by atoms with Crippen molar-refractivity contribution in [1.82, 2.24) is 10.2 Å². The quantitative estimate of drug-likeness (QED) is 0.360. The predicted molar refractivity (Wildman–Crippen MR) is 153 cm³/mol. The van der Waals surface area contributed by atoms with E-state index in [1.807, 2.05) is 75.4 Å². The van der Waals surface area contributed by atoms with Crippen molar-refractivity contribution < 1.29 is 22.4 Å². The number of carbonyl (C=O) groups is 2. The molecule has 0 saturated carbocycles. The minimum Gasteiger partial charge on any atom is -0.352 e. The monoisotopic (exact) mass is 573 g/mol. The summed E-state index contributed by atoms with van der Waals surface area (Å²) in [5.74, 6) is -1.66. The zero-order valence-electron chi connectivity index (χ0n) is 22.4. The first kappa shape index (κ1) is 30.1. The van der Waals surface area contributed by atoms with E-state index in [-0.39, 0.29) is 35.6 Å². The minimum absolute atomic E-state index is 0.0410. The topological polar surface area (TPSA) is 86.8 Å². The second kappa shape index (κ2) is 13.1. The van der Waals surface area contributed by atoms with E-state index in [0.717, 1.165) is 39.4 Å². The number of aryl methyl sites for hydroxylation is 1. The van der Waals surface area contributed by atoms with Gasteiger partial charge in [0, 0.05) is 19.0 Å². The lowest BCUT2D eigenvalue weighted by Crippen LogP contribution is -2.54. The molecular formula is C29H33ClFN3O4S. The first-order valence-electron chi connectivity index (χ1n) is 12.5. The molecule has 0 unspecified atom stereocenters. The van der Waals surface area contributed by atoms with Crippen LogP contribution in [0.3, 0.4) is 0 Å². The fourth-order valence-electron chi connectivity index (χ4n) is 4.16. The number of halogens is 2. The number of hydrogen-bond acceptors (Lipinski definition) is 4. The number of nitrogens with one attached hydrogen (secondary N) is 1. The van der Waals surface area contributed by atoms with Gasteiger partial charge in [0.2, 0.25) is 21.8 Å². The molecular weight excluding hydrogens is 541 g/mol. The second-order valence-electron chi connectivity index (χ2n) is 9.68. The maximum atomic E-state index is 14.0. The third kappa shape index (κ3) is 8.28. The zero-order valence-corrected chi connectivity index (χ0v) is 24.0. The highest BCUT2D eigenvalue weighted by Crippen LogP contribution is 2.25. The van der Waals surface area contributed by atoms with Crippen molar-refractivity contribution in [2.75, 3.05) is 17.1 Å². The summed E-state index contributed by atoms with van der Waals surface area (Å²) in [6, 6.07) is 19.1. The van der Waals surface area contributed by atoms with Crippen LogP contribution in [0.15, 0.2) is 72.8 Å². The van der Waals surface area contributed by atoms with Crippen LogP contribution in [0.25, 0.3) is 0 Å². The standard InChI is InChI=1S/C29H33ClFN3O4S/c1-20(2)32-29(36)27(16-22-11-6-5-7-12-22)33(18-23-13-9-8-10-21(23)3)28(35)19-34(39(4,37)38)24-14-15-26(31)25(30)17-24/h5-15,17,20,27H,16,18-19H2,1-4H3,(H,32,36)/t27-/m1/s1. The summed E-state index contributed by atoms with van der Waals surface area (Å²) in [6.07, 6.45) is 1.18. The van der Waals surface area contributed by atoms with E-state index in [9.17, 15) is 22.4 Å². The van der Waals surface area contributed by atoms with Gasteiger partial charge in [-0.05, 0) is 55.7 Å². The minimum atomic E-state index is -3.98. The van der Waals surface area contributed by atoms with Crippen LogP contribution >= 0.6 is 11.6 Å². The Morgan fingerprint density at radius 2 is 1.64 bits per heavy atom. The van der Waals surface area contributed by atoms with Crippen LogP contribution in [-0.4, -0.2) is 50.0 Å². The van der Waals surface area contributed by atoms with E-state index in [1.54, 1.807) is 0 Å². The molecule has 3 aromatic rings. The van der Waals surface area contributed by atoms with Crippen LogP contribution in [0.5, 0.6) is 0 Å². The van der Waals surface area contributed by atoms with Gasteiger partial charge in [0.15, 0.2) is 0 Å². The SMILES string of the molecule is Cc1ccccc1CN(C(=O)CN(c1ccc(F)c(Cl)c1)S(C)(=O)=O)[C@H](Cc1ccccc1)C(=O)NC(C)C. The lowest BCUT2D eigenvalue weighted by atomic mass is 10.0. The lowest BCUT2D eigenvalue weighted by Gasteiger charge is -2.34. The molecule has 0 aromatic heterocycles. The van der Waals surface area contributed by atoms with Crippen LogP contribution < -0.4 is 9.62 Å². The largest absolute Gasteiger partial charge is 0.352 e. The number of hydrogen-bond donors (Lipinski definition) is 1. The Labute approximate surface area is 234 Å². The van der Waals surface area contributed by atoms with E-state index >= 15 is 0 Å². The van der Waals surface area contributed by atoms with Gasteiger partial charge in [-0.25, -0.2) is 12.8 Å². The number of sulfonamides is 1. The predicted octanol–water partition coefficient (Wildman–Crippen LogP) is 4.72. The maximum absolute atomic E-state index is 14.0. The lowest BCUT2D eigenvalue weighted by molar-refractivity contribution is -0.140. The summed E-state index contributed by atoms with van der Waals surface area (Å²) in [7, 11) is -3.98. The molecule has 0 radical (unpaired) electrons. The fourth-order valence-corrected chi connectivity index (χ4v) is 5.18. The summed E-state index contributed by atoms with van der Waals surface area (Å²) in [6.45, 7) is 5.04. The van der Waals surface area contributed by atoms with Crippen molar-refractivity contribution in [3.8, 4) is 0 Å². The summed E-state index contributed by atoms with van der Waals surface area (Å²) >= 11 is 5.92. The molecule has 1 N–H and O–H groups in total. The molecule has 3 rings (SSSR count). The van der Waals surface area contributed by atoms with Crippen LogP contribution in [0, 0.1) is 12.7 Å². The summed E-state index contributed by atoms with van der Waals surface area (Å²) in [5, 5.41) is 2.63. The molecule has 7 nitrogen and oxygen atoms in total. The number of carbonyl (C=O) groups excluding carboxylic acids is 2. The van der Waals surface area contributed by atoms with Gasteiger partial charge in [-0.3, -0.25) is 13.9 Å². The molecule has 0 saturated heterocycles. The van der Waals surface area contributed by atoms with Crippen molar-refractivity contribution in [2.24, 2.45) is 0 Å². The van der Waals surface area contributed by atoms with E-state index in [4.69, 9.17) is 11.6 Å². The highest BCUT2D eigenvalue weighted by Gasteiger charge is 2.33. The highest BCUT2D eigenvalue weighted by molar-refractivity contribution is 7.92. The van der Waals surface area contributed by atoms with E-state index < -0.39 is 34.3 Å². The van der Waals surface area contributed by atoms with Crippen molar-refractivity contribution in [2.45, 2.75) is 45.8 Å². The van der Waals surface area contributed by atoms with Crippen LogP contribution in [0.4, 0.5) is 10.1 Å². The van der Waals surface area contributed by atoms with Gasteiger partial charge in [0.1, 0.15) is 18.4 Å². The molecule has 0 spiro atoms. The first-order valence-corrected chi connectivity index (χ1v) is 14.7. The Morgan fingerprint density at radius 1 is 1.00 bits per heavy atom. The first-order chi connectivity index (χ1) is 18.4. The van der Waals surface area contributed by atoms with Crippen molar-refractivity contribution in [3.05, 3.63) is 100 Å². The van der Waals surface area contributed by atoms with Crippen LogP contribution in [-0.2, 0) is 32.6 Å². The van der Waals surface area contributed by atoms with Crippen LogP contribution in [0.1, 0.15) is 30.5 Å². The Kier molecular flexibility index (Phi) is 10.1. The fraction of sp³-hybridized carbons (Fsp3) is 0.310. The molecule has 10 heteroatoms. The van der Waals surface area contributed by atoms with Gasteiger partial charge in [0.05, 0.1) is 17.0 Å². The normalized spacial score (nSPS) is 12.2. The van der Waals surface area contributed by atoms with Gasteiger partial charge < -0.3 is 10.2 Å². The number of anilines is 1. The van der Waals surface area contributed by atoms with Crippen LogP contribution in [0.2, 0.25) is 5.02 Å². The average molecular weight is 574 g/mol. The highest BCUT2D eigenvalue weighted by atomic mass is 35.5. The van der Waals surface area contributed by atoms with Crippen molar-refractivity contribution in [3.63, 3.8) is 0 Å². The number of rotatable bonds is 11. The average Bonchev–Trinajstić information content (AvgIpc) is 2.87. The van der Waals surface area contributed by atoms with Gasteiger partial charge in [-0.15, -0.1) is 0 Å². The molecule has 208 valence electrons. The number of nitrogens with zero attached hydrogens (tertiary/aromatic N) is 2. The van der Waals surface area contributed by atoms with Gasteiger partial charge in [-0.2, -0.15) is 0 Å². The molecule has 3 aromatic carbocycles. The summed E-state index contributed by atoms with van der Waals surface area (Å²) in [4.78, 5) is 28.9. The van der Waals surface area contributed by atoms with Crippen molar-refractivity contribution >= 4 is 39.1 Å². The molecule has 0 heterocycles. The molecule has 0 fully saturated rings. The van der Waals surface area contributed by atoms with Gasteiger partial charge in [0.25, 0.3) is 0 Å². The Hall–Kier alpha value is -3.43. The Balaban J connectivity index is 2.08. The third-order valence-electron chi connectivity index (χ3n) is 6.17. The van der Waals surface area contributed by atoms with E-state index in [2.05, 4.69) is 5.32 Å². The Bertz CT molecular complexity index is 1420. The molecule has 0 aliphatic heterocycles. The molecule has 0 aliphatic rings. The summed E-state index contributed by atoms with van der Waals surface area (Å²) < 4.78 is 40.2. The van der Waals surface area contributed by atoms with Gasteiger partial charge in [-0.1, -0.05) is 66.2 Å². The number of benzene rings is 3. The van der Waals surface area contributed by atoms with E-state index in [1.165, 1.54) is 11.0 Å². The second-order valence-corrected chi connectivity index (χ2v) is 12.0. The number of amides is 2. The molecule has 39 heavy (non-hydrogen) atoms.